The maximum absolute atomic E-state index is 11.8. The van der Waals surface area contributed by atoms with Crippen molar-refractivity contribution in [2.75, 3.05) is 6.61 Å². The van der Waals surface area contributed by atoms with Crippen LogP contribution in [0.5, 0.6) is 0 Å². The lowest BCUT2D eigenvalue weighted by molar-refractivity contribution is -0.174. The minimum absolute atomic E-state index is 0.212. The number of hydrogen-bond donors (Lipinski definition) is 1. The zero-order valence-corrected chi connectivity index (χ0v) is 15.9. The van der Waals surface area contributed by atoms with Crippen LogP contribution < -0.4 is 0 Å². The lowest BCUT2D eigenvalue weighted by atomic mass is 10.1. The second-order valence-electron chi connectivity index (χ2n) is 6.64. The molecule has 2 aromatic rings. The smallest absolute Gasteiger partial charge is 0.306 e. The molecule has 1 aliphatic rings. The van der Waals surface area contributed by atoms with Gasteiger partial charge in [-0.1, -0.05) is 67.6 Å². The molecule has 150 valence electrons. The van der Waals surface area contributed by atoms with Crippen LogP contribution in [0.3, 0.4) is 0 Å². The summed E-state index contributed by atoms with van der Waals surface area (Å²) in [4.78, 5) is 11.8. The van der Waals surface area contributed by atoms with Crippen LogP contribution in [0.4, 0.5) is 0 Å². The van der Waals surface area contributed by atoms with E-state index in [1.165, 1.54) is 0 Å². The van der Waals surface area contributed by atoms with Crippen molar-refractivity contribution in [3.63, 3.8) is 0 Å². The molecule has 1 heterocycles. The van der Waals surface area contributed by atoms with Crippen LogP contribution in [0, 0.1) is 0 Å². The standard InChI is InChI=1S/C22H26O6/c1-2-19(23)28-21-20(26-14-17-11-7-4-8-12-17)18(27-22(21)24)15-25-13-16-9-5-3-6-10-16/h3-12,18,20-22,24H,2,13-15H2,1H3/t18-,20-,21-,22-/m1/s1. The zero-order valence-electron chi connectivity index (χ0n) is 15.9. The van der Waals surface area contributed by atoms with Crippen molar-refractivity contribution < 1.29 is 28.8 Å². The van der Waals surface area contributed by atoms with Crippen molar-refractivity contribution in [3.05, 3.63) is 71.8 Å². The summed E-state index contributed by atoms with van der Waals surface area (Å²) in [5.41, 5.74) is 2.02. The van der Waals surface area contributed by atoms with Crippen LogP contribution in [0.25, 0.3) is 0 Å². The van der Waals surface area contributed by atoms with Crippen LogP contribution >= 0.6 is 0 Å². The van der Waals surface area contributed by atoms with Crippen molar-refractivity contribution in [3.8, 4) is 0 Å². The summed E-state index contributed by atoms with van der Waals surface area (Å²) in [6.07, 6.45) is -3.09. The number of hydrogen-bond acceptors (Lipinski definition) is 6. The molecule has 6 heteroatoms. The largest absolute Gasteiger partial charge is 0.454 e. The van der Waals surface area contributed by atoms with E-state index in [0.29, 0.717) is 13.2 Å². The van der Waals surface area contributed by atoms with Gasteiger partial charge in [-0.3, -0.25) is 4.79 Å². The highest BCUT2D eigenvalue weighted by atomic mass is 16.7. The molecule has 0 spiro atoms. The summed E-state index contributed by atoms with van der Waals surface area (Å²) >= 11 is 0. The fourth-order valence-corrected chi connectivity index (χ4v) is 3.04. The van der Waals surface area contributed by atoms with Crippen LogP contribution in [0.2, 0.25) is 0 Å². The first-order valence-electron chi connectivity index (χ1n) is 9.47. The molecule has 1 saturated heterocycles. The number of esters is 1. The Morgan fingerprint density at radius 2 is 1.57 bits per heavy atom. The number of aliphatic hydroxyl groups excluding tert-OH is 1. The predicted molar refractivity (Wildman–Crippen MR) is 102 cm³/mol. The third kappa shape index (κ3) is 5.62. The van der Waals surface area contributed by atoms with Crippen molar-refractivity contribution in [1.82, 2.24) is 0 Å². The van der Waals surface area contributed by atoms with Crippen LogP contribution in [-0.4, -0.2) is 42.3 Å². The molecule has 1 N–H and O–H groups in total. The molecule has 0 amide bonds. The Kier molecular flexibility index (Phi) is 7.56. The summed E-state index contributed by atoms with van der Waals surface area (Å²) in [6, 6.07) is 19.4. The molecule has 1 aliphatic heterocycles. The van der Waals surface area contributed by atoms with Crippen LogP contribution in [0.15, 0.2) is 60.7 Å². The van der Waals surface area contributed by atoms with E-state index in [9.17, 15) is 9.90 Å². The second kappa shape index (κ2) is 10.3. The molecular formula is C22H26O6. The van der Waals surface area contributed by atoms with Gasteiger partial charge in [-0.25, -0.2) is 0 Å². The molecule has 0 unspecified atom stereocenters. The number of benzene rings is 2. The van der Waals surface area contributed by atoms with E-state index >= 15 is 0 Å². The number of rotatable bonds is 9. The molecule has 1 fully saturated rings. The topological polar surface area (TPSA) is 74.2 Å². The maximum atomic E-state index is 11.8. The normalized spacial score (nSPS) is 24.2. The first kappa shape index (κ1) is 20.5. The van der Waals surface area contributed by atoms with Gasteiger partial charge in [0.1, 0.15) is 12.2 Å². The van der Waals surface area contributed by atoms with Gasteiger partial charge in [-0.15, -0.1) is 0 Å². The summed E-state index contributed by atoms with van der Waals surface area (Å²) in [5.74, 6) is -0.410. The summed E-state index contributed by atoms with van der Waals surface area (Å²) in [7, 11) is 0. The number of aliphatic hydroxyl groups is 1. The summed E-state index contributed by atoms with van der Waals surface area (Å²) in [6.45, 7) is 2.65. The Bertz CT molecular complexity index is 720. The monoisotopic (exact) mass is 386 g/mol. The molecule has 0 bridgehead atoms. The fourth-order valence-electron chi connectivity index (χ4n) is 3.04. The van der Waals surface area contributed by atoms with Gasteiger partial charge >= 0.3 is 5.97 Å². The van der Waals surface area contributed by atoms with Crippen LogP contribution in [0.1, 0.15) is 24.5 Å². The van der Waals surface area contributed by atoms with Crippen molar-refractivity contribution in [1.29, 1.82) is 0 Å². The maximum Gasteiger partial charge on any atom is 0.306 e. The highest BCUT2D eigenvalue weighted by Crippen LogP contribution is 2.27. The van der Waals surface area contributed by atoms with Gasteiger partial charge in [0.25, 0.3) is 0 Å². The van der Waals surface area contributed by atoms with Gasteiger partial charge in [0.05, 0.1) is 19.8 Å². The van der Waals surface area contributed by atoms with Crippen LogP contribution in [-0.2, 0) is 37.0 Å². The molecule has 0 aromatic heterocycles. The van der Waals surface area contributed by atoms with Gasteiger partial charge in [0, 0.05) is 6.42 Å². The Morgan fingerprint density at radius 3 is 2.18 bits per heavy atom. The van der Waals surface area contributed by atoms with Crippen molar-refractivity contribution in [2.45, 2.75) is 51.2 Å². The average molecular weight is 386 g/mol. The molecule has 28 heavy (non-hydrogen) atoms. The number of ether oxygens (including phenoxy) is 4. The number of carbonyl (C=O) groups is 1. The van der Waals surface area contributed by atoms with Gasteiger partial charge in [0.2, 0.25) is 0 Å². The van der Waals surface area contributed by atoms with Gasteiger partial charge in [-0.05, 0) is 11.1 Å². The summed E-state index contributed by atoms with van der Waals surface area (Å²) in [5, 5.41) is 10.3. The first-order valence-corrected chi connectivity index (χ1v) is 9.47. The van der Waals surface area contributed by atoms with E-state index in [1.54, 1.807) is 6.92 Å². The van der Waals surface area contributed by atoms with Crippen molar-refractivity contribution >= 4 is 5.97 Å². The minimum Gasteiger partial charge on any atom is -0.454 e. The van der Waals surface area contributed by atoms with E-state index in [1.807, 2.05) is 60.7 Å². The minimum atomic E-state index is -1.25. The predicted octanol–water partition coefficient (Wildman–Crippen LogP) is 2.83. The SMILES string of the molecule is CCC(=O)O[C@@H]1[C@H](OCc2ccccc2)[C@@H](COCc2ccccc2)O[C@H]1O. The van der Waals surface area contributed by atoms with Gasteiger partial charge in [-0.2, -0.15) is 0 Å². The van der Waals surface area contributed by atoms with E-state index in [-0.39, 0.29) is 13.0 Å². The van der Waals surface area contributed by atoms with E-state index in [0.717, 1.165) is 11.1 Å². The molecule has 2 aromatic carbocycles. The Balaban J connectivity index is 1.62. The van der Waals surface area contributed by atoms with E-state index < -0.39 is 30.6 Å². The zero-order chi connectivity index (χ0) is 19.8. The summed E-state index contributed by atoms with van der Waals surface area (Å²) < 4.78 is 22.7. The molecule has 0 aliphatic carbocycles. The Morgan fingerprint density at radius 1 is 0.964 bits per heavy atom. The molecular weight excluding hydrogens is 360 g/mol. The molecule has 3 rings (SSSR count). The lowest BCUT2D eigenvalue weighted by Crippen LogP contribution is -2.40. The third-order valence-electron chi connectivity index (χ3n) is 4.52. The lowest BCUT2D eigenvalue weighted by Gasteiger charge is -2.23. The Hall–Kier alpha value is -2.25. The van der Waals surface area contributed by atoms with Gasteiger partial charge in [0.15, 0.2) is 12.4 Å². The molecule has 4 atom stereocenters. The number of carbonyl (C=O) groups excluding carboxylic acids is 1. The quantitative estimate of drug-likeness (QED) is 0.668. The average Bonchev–Trinajstić information content (AvgIpc) is 3.02. The first-order chi connectivity index (χ1) is 13.7. The highest BCUT2D eigenvalue weighted by Gasteiger charge is 2.47. The Labute approximate surface area is 165 Å². The van der Waals surface area contributed by atoms with Crippen molar-refractivity contribution in [2.24, 2.45) is 0 Å². The molecule has 0 radical (unpaired) electrons. The second-order valence-corrected chi connectivity index (χ2v) is 6.64. The van der Waals surface area contributed by atoms with E-state index in [4.69, 9.17) is 18.9 Å². The highest BCUT2D eigenvalue weighted by molar-refractivity contribution is 5.69. The third-order valence-corrected chi connectivity index (χ3v) is 4.52. The van der Waals surface area contributed by atoms with E-state index in [2.05, 4.69) is 0 Å². The fraction of sp³-hybridized carbons (Fsp3) is 0.409. The molecule has 6 nitrogen and oxygen atoms in total. The molecule has 0 saturated carbocycles. The van der Waals surface area contributed by atoms with Gasteiger partial charge < -0.3 is 24.1 Å².